The molecule has 0 aliphatic carbocycles. The highest BCUT2D eigenvalue weighted by atomic mass is 16.5. The van der Waals surface area contributed by atoms with Gasteiger partial charge in [0.25, 0.3) is 0 Å². The fraction of sp³-hybridized carbons (Fsp3) is 0.889. The Hall–Kier alpha value is -0.340. The topological polar surface area (TPSA) is 12.5 Å². The second-order valence-electron chi connectivity index (χ2n) is 7.56. The van der Waals surface area contributed by atoms with E-state index in [0.717, 1.165) is 0 Å². The van der Waals surface area contributed by atoms with Crippen molar-refractivity contribution in [1.82, 2.24) is 4.90 Å². The smallest absolute Gasteiger partial charge is 0.0930 e. The third kappa shape index (κ3) is 2.69. The van der Waals surface area contributed by atoms with E-state index in [1.54, 1.807) is 11.1 Å². The van der Waals surface area contributed by atoms with Gasteiger partial charge in [-0.15, -0.1) is 0 Å². The molecule has 2 heteroatoms. The van der Waals surface area contributed by atoms with Crippen LogP contribution in [0.4, 0.5) is 0 Å². The highest BCUT2D eigenvalue weighted by Crippen LogP contribution is 2.48. The van der Waals surface area contributed by atoms with E-state index < -0.39 is 0 Å². The van der Waals surface area contributed by atoms with Crippen molar-refractivity contribution in [3.8, 4) is 0 Å². The number of hydrogen-bond donors (Lipinski definition) is 0. The maximum Gasteiger partial charge on any atom is 0.0930 e. The van der Waals surface area contributed by atoms with Crippen LogP contribution >= 0.6 is 0 Å². The van der Waals surface area contributed by atoms with Crippen LogP contribution in [0.25, 0.3) is 0 Å². The summed E-state index contributed by atoms with van der Waals surface area (Å²) in [6.07, 6.45) is 2.64. The number of rotatable bonds is 3. The Bertz CT molecular complexity index is 373. The molecule has 0 aromatic carbocycles. The van der Waals surface area contributed by atoms with Gasteiger partial charge in [-0.1, -0.05) is 27.7 Å². The van der Waals surface area contributed by atoms with Gasteiger partial charge in [-0.25, -0.2) is 0 Å². The quantitative estimate of drug-likeness (QED) is 0.716. The van der Waals surface area contributed by atoms with Crippen molar-refractivity contribution in [2.75, 3.05) is 13.1 Å². The van der Waals surface area contributed by atoms with Crippen LogP contribution in [0.2, 0.25) is 0 Å². The number of ether oxygens (including phenoxy) is 1. The molecule has 2 aliphatic heterocycles. The first kappa shape index (κ1) is 16.0. The lowest BCUT2D eigenvalue weighted by atomic mass is 9.76. The average Bonchev–Trinajstić information content (AvgIpc) is 2.62. The molecule has 0 aromatic heterocycles. The molecule has 2 rings (SSSR count). The molecule has 0 radical (unpaired) electrons. The number of piperidine rings is 1. The first-order valence-electron chi connectivity index (χ1n) is 8.45. The predicted molar refractivity (Wildman–Crippen MR) is 85.9 cm³/mol. The van der Waals surface area contributed by atoms with Gasteiger partial charge >= 0.3 is 0 Å². The Morgan fingerprint density at radius 3 is 1.95 bits per heavy atom. The predicted octanol–water partition coefficient (Wildman–Crippen LogP) is 4.26. The van der Waals surface area contributed by atoms with Gasteiger partial charge in [0.2, 0.25) is 0 Å². The molecular formula is C18H33NO. The largest absolute Gasteiger partial charge is 0.363 e. The van der Waals surface area contributed by atoms with Crippen LogP contribution in [0, 0.1) is 11.8 Å². The summed E-state index contributed by atoms with van der Waals surface area (Å²) in [6.45, 7) is 18.5. The highest BCUT2D eigenvalue weighted by molar-refractivity contribution is 5.35. The summed E-state index contributed by atoms with van der Waals surface area (Å²) in [5.41, 5.74) is 3.25. The van der Waals surface area contributed by atoms with Crippen LogP contribution in [0.5, 0.6) is 0 Å². The van der Waals surface area contributed by atoms with Crippen molar-refractivity contribution in [2.45, 2.75) is 79.1 Å². The monoisotopic (exact) mass is 279 g/mol. The van der Waals surface area contributed by atoms with Crippen molar-refractivity contribution in [2.24, 2.45) is 11.8 Å². The first-order valence-corrected chi connectivity index (χ1v) is 8.45. The van der Waals surface area contributed by atoms with E-state index >= 15 is 0 Å². The standard InChI is InChI=1S/C18H33NO/c1-12(2)16-15(7)20-18(17(16)13(3)4)8-10-19(11-9-18)14(5)6/h12-15H,8-11H2,1-7H3/t15-/m1/s1. The summed E-state index contributed by atoms with van der Waals surface area (Å²) >= 11 is 0. The van der Waals surface area contributed by atoms with Crippen LogP contribution in [-0.4, -0.2) is 35.7 Å². The van der Waals surface area contributed by atoms with Gasteiger partial charge in [0, 0.05) is 19.1 Å². The van der Waals surface area contributed by atoms with Crippen molar-refractivity contribution in [3.05, 3.63) is 11.1 Å². The fourth-order valence-electron chi connectivity index (χ4n) is 4.38. The van der Waals surface area contributed by atoms with Gasteiger partial charge in [-0.05, 0) is 56.6 Å². The summed E-state index contributed by atoms with van der Waals surface area (Å²) in [7, 11) is 0. The van der Waals surface area contributed by atoms with Gasteiger partial charge in [0.05, 0.1) is 11.7 Å². The van der Waals surface area contributed by atoms with Crippen LogP contribution in [0.1, 0.15) is 61.3 Å². The van der Waals surface area contributed by atoms with E-state index in [1.165, 1.54) is 25.9 Å². The molecule has 20 heavy (non-hydrogen) atoms. The van der Waals surface area contributed by atoms with Crippen LogP contribution in [-0.2, 0) is 4.74 Å². The minimum Gasteiger partial charge on any atom is -0.363 e. The molecule has 0 bridgehead atoms. The second-order valence-corrected chi connectivity index (χ2v) is 7.56. The van der Waals surface area contributed by atoms with Crippen LogP contribution in [0.3, 0.4) is 0 Å². The van der Waals surface area contributed by atoms with E-state index in [2.05, 4.69) is 53.4 Å². The Labute approximate surface area is 125 Å². The average molecular weight is 279 g/mol. The summed E-state index contributed by atoms with van der Waals surface area (Å²) in [5, 5.41) is 0. The summed E-state index contributed by atoms with van der Waals surface area (Å²) < 4.78 is 6.56. The lowest BCUT2D eigenvalue weighted by molar-refractivity contribution is -0.0694. The highest BCUT2D eigenvalue weighted by Gasteiger charge is 2.48. The minimum atomic E-state index is 0.0403. The van der Waals surface area contributed by atoms with Crippen molar-refractivity contribution in [3.63, 3.8) is 0 Å². The molecule has 116 valence electrons. The van der Waals surface area contributed by atoms with Crippen LogP contribution in [0.15, 0.2) is 11.1 Å². The number of nitrogens with zero attached hydrogens (tertiary/aromatic N) is 1. The third-order valence-electron chi connectivity index (χ3n) is 5.18. The zero-order valence-electron chi connectivity index (χ0n) is 14.5. The lowest BCUT2D eigenvalue weighted by Gasteiger charge is -2.43. The zero-order chi connectivity index (χ0) is 15.1. The Kier molecular flexibility index (Phi) is 4.66. The molecular weight excluding hydrogens is 246 g/mol. The van der Waals surface area contributed by atoms with Gasteiger partial charge in [0.15, 0.2) is 0 Å². The molecule has 0 unspecified atom stereocenters. The maximum atomic E-state index is 6.56. The van der Waals surface area contributed by atoms with E-state index in [9.17, 15) is 0 Å². The normalized spacial score (nSPS) is 27.6. The second kappa shape index (κ2) is 5.81. The van der Waals surface area contributed by atoms with Crippen molar-refractivity contribution in [1.29, 1.82) is 0 Å². The summed E-state index contributed by atoms with van der Waals surface area (Å²) in [5.74, 6) is 1.20. The Morgan fingerprint density at radius 1 is 1.00 bits per heavy atom. The van der Waals surface area contributed by atoms with E-state index in [0.29, 0.717) is 24.0 Å². The Morgan fingerprint density at radius 2 is 1.55 bits per heavy atom. The van der Waals surface area contributed by atoms with Gasteiger partial charge in [0.1, 0.15) is 0 Å². The molecule has 0 amide bonds. The van der Waals surface area contributed by atoms with Gasteiger partial charge in [-0.2, -0.15) is 0 Å². The Balaban J connectivity index is 2.29. The van der Waals surface area contributed by atoms with E-state index in [4.69, 9.17) is 4.74 Å². The minimum absolute atomic E-state index is 0.0403. The SMILES string of the molecule is CC(C)C1=C(C(C)C)C2(CCN(C(C)C)CC2)O[C@@H]1C. The van der Waals surface area contributed by atoms with Gasteiger partial charge < -0.3 is 9.64 Å². The molecule has 1 spiro atoms. The molecule has 2 aliphatic rings. The molecule has 2 heterocycles. The fourth-order valence-corrected chi connectivity index (χ4v) is 4.38. The molecule has 2 nitrogen and oxygen atoms in total. The maximum absolute atomic E-state index is 6.56. The first-order chi connectivity index (χ1) is 9.28. The number of hydrogen-bond acceptors (Lipinski definition) is 2. The van der Waals surface area contributed by atoms with Crippen LogP contribution < -0.4 is 0 Å². The van der Waals surface area contributed by atoms with E-state index in [1.807, 2.05) is 0 Å². The summed E-state index contributed by atoms with van der Waals surface area (Å²) in [6, 6.07) is 0.655. The van der Waals surface area contributed by atoms with E-state index in [-0.39, 0.29) is 5.60 Å². The molecule has 0 aromatic rings. The molecule has 0 N–H and O–H groups in total. The molecule has 1 saturated heterocycles. The third-order valence-corrected chi connectivity index (χ3v) is 5.18. The molecule has 0 saturated carbocycles. The van der Waals surface area contributed by atoms with Crippen molar-refractivity contribution >= 4 is 0 Å². The number of likely N-dealkylation sites (tertiary alicyclic amines) is 1. The molecule has 1 fully saturated rings. The summed E-state index contributed by atoms with van der Waals surface area (Å²) in [4.78, 5) is 2.59. The lowest BCUT2D eigenvalue weighted by Crippen LogP contribution is -2.48. The zero-order valence-corrected chi connectivity index (χ0v) is 14.5. The van der Waals surface area contributed by atoms with Crippen molar-refractivity contribution < 1.29 is 4.74 Å². The van der Waals surface area contributed by atoms with Gasteiger partial charge in [-0.3, -0.25) is 0 Å². The molecule has 1 atom stereocenters.